The molecule has 118 valence electrons. The van der Waals surface area contributed by atoms with Gasteiger partial charge in [0.1, 0.15) is 5.58 Å². The molecule has 3 aromatic rings. The summed E-state index contributed by atoms with van der Waals surface area (Å²) < 4.78 is 10.8. The van der Waals surface area contributed by atoms with E-state index in [1.54, 1.807) is 18.2 Å². The van der Waals surface area contributed by atoms with Crippen molar-refractivity contribution >= 4 is 11.0 Å². The van der Waals surface area contributed by atoms with Crippen molar-refractivity contribution in [1.82, 2.24) is 0 Å². The zero-order valence-corrected chi connectivity index (χ0v) is 12.8. The van der Waals surface area contributed by atoms with E-state index in [4.69, 9.17) is 9.15 Å². The van der Waals surface area contributed by atoms with Gasteiger partial charge in [0.05, 0.1) is 12.5 Å². The van der Waals surface area contributed by atoms with Crippen LogP contribution < -0.4 is 10.2 Å². The molecule has 2 N–H and O–H groups in total. The van der Waals surface area contributed by atoms with Crippen molar-refractivity contribution in [3.63, 3.8) is 0 Å². The molecule has 0 saturated carbocycles. The van der Waals surface area contributed by atoms with Gasteiger partial charge in [-0.3, -0.25) is 4.79 Å². The average molecular weight is 312 g/mol. The van der Waals surface area contributed by atoms with Crippen molar-refractivity contribution in [3.05, 3.63) is 52.2 Å². The maximum atomic E-state index is 12.4. The van der Waals surface area contributed by atoms with Crippen LogP contribution in [0.15, 0.2) is 45.6 Å². The van der Waals surface area contributed by atoms with Crippen molar-refractivity contribution in [3.8, 4) is 28.6 Å². The van der Waals surface area contributed by atoms with Crippen LogP contribution in [0.3, 0.4) is 0 Å². The highest BCUT2D eigenvalue weighted by atomic mass is 16.5. The second-order valence-corrected chi connectivity index (χ2v) is 5.18. The van der Waals surface area contributed by atoms with Crippen LogP contribution in [-0.4, -0.2) is 17.3 Å². The lowest BCUT2D eigenvalue weighted by molar-refractivity contribution is 0.373. The number of phenolic OH excluding ortho intramolecular Hbond substituents is 1. The monoisotopic (exact) mass is 312 g/mol. The largest absolute Gasteiger partial charge is 0.504 e. The zero-order chi connectivity index (χ0) is 16.6. The maximum Gasteiger partial charge on any atom is 0.235 e. The number of ether oxygens (including phenoxy) is 1. The number of aromatic hydroxyl groups is 2. The van der Waals surface area contributed by atoms with E-state index in [0.29, 0.717) is 16.5 Å². The normalized spacial score (nSPS) is 10.9. The van der Waals surface area contributed by atoms with Crippen LogP contribution in [-0.2, 0) is 6.42 Å². The number of hydrogen-bond donors (Lipinski definition) is 2. The smallest absolute Gasteiger partial charge is 0.235 e. The first-order valence-corrected chi connectivity index (χ1v) is 7.21. The Labute approximate surface area is 132 Å². The van der Waals surface area contributed by atoms with Crippen molar-refractivity contribution < 1.29 is 19.4 Å². The number of rotatable bonds is 3. The van der Waals surface area contributed by atoms with Gasteiger partial charge in [0.2, 0.25) is 11.2 Å². The van der Waals surface area contributed by atoms with Crippen LogP contribution in [0.1, 0.15) is 12.5 Å². The lowest BCUT2D eigenvalue weighted by Crippen LogP contribution is -2.03. The fourth-order valence-electron chi connectivity index (χ4n) is 2.47. The number of aryl methyl sites for hydroxylation is 1. The van der Waals surface area contributed by atoms with Gasteiger partial charge in [-0.2, -0.15) is 0 Å². The van der Waals surface area contributed by atoms with E-state index < -0.39 is 11.2 Å². The molecular formula is C18H16O5. The minimum atomic E-state index is -0.483. The molecule has 0 amide bonds. The van der Waals surface area contributed by atoms with E-state index in [-0.39, 0.29) is 17.3 Å². The number of benzene rings is 2. The molecular weight excluding hydrogens is 296 g/mol. The molecule has 0 fully saturated rings. The Morgan fingerprint density at radius 2 is 1.91 bits per heavy atom. The Morgan fingerprint density at radius 3 is 2.61 bits per heavy atom. The molecule has 0 saturated heterocycles. The van der Waals surface area contributed by atoms with Crippen molar-refractivity contribution in [1.29, 1.82) is 0 Å². The molecule has 0 aliphatic heterocycles. The summed E-state index contributed by atoms with van der Waals surface area (Å²) in [7, 11) is 1.42. The van der Waals surface area contributed by atoms with Crippen molar-refractivity contribution in [2.45, 2.75) is 13.3 Å². The molecule has 0 spiro atoms. The minimum Gasteiger partial charge on any atom is -0.504 e. The third kappa shape index (κ3) is 2.50. The van der Waals surface area contributed by atoms with Crippen molar-refractivity contribution in [2.24, 2.45) is 0 Å². The van der Waals surface area contributed by atoms with E-state index >= 15 is 0 Å². The summed E-state index contributed by atoms with van der Waals surface area (Å²) in [6, 6.07) is 9.78. The molecule has 0 aliphatic rings. The summed E-state index contributed by atoms with van der Waals surface area (Å²) in [5.41, 5.74) is 1.34. The average Bonchev–Trinajstić information content (AvgIpc) is 2.58. The van der Waals surface area contributed by atoms with E-state index in [2.05, 4.69) is 0 Å². The first-order valence-electron chi connectivity index (χ1n) is 7.21. The molecule has 23 heavy (non-hydrogen) atoms. The molecule has 2 aromatic carbocycles. The summed E-state index contributed by atoms with van der Waals surface area (Å²) in [5, 5.41) is 20.2. The molecule has 0 radical (unpaired) electrons. The molecule has 0 atom stereocenters. The molecule has 1 aromatic heterocycles. The van der Waals surface area contributed by atoms with E-state index in [1.165, 1.54) is 19.2 Å². The molecule has 0 bridgehead atoms. The van der Waals surface area contributed by atoms with E-state index in [0.717, 1.165) is 12.0 Å². The van der Waals surface area contributed by atoms with Gasteiger partial charge in [0, 0.05) is 5.56 Å². The van der Waals surface area contributed by atoms with Crippen LogP contribution in [0.4, 0.5) is 0 Å². The highest BCUT2D eigenvalue weighted by Crippen LogP contribution is 2.35. The predicted molar refractivity (Wildman–Crippen MR) is 87.2 cm³/mol. The maximum absolute atomic E-state index is 12.4. The Bertz CT molecular complexity index is 940. The van der Waals surface area contributed by atoms with Gasteiger partial charge in [-0.1, -0.05) is 13.0 Å². The summed E-state index contributed by atoms with van der Waals surface area (Å²) in [4.78, 5) is 12.4. The molecule has 1 heterocycles. The topological polar surface area (TPSA) is 79.9 Å². The second-order valence-electron chi connectivity index (χ2n) is 5.18. The van der Waals surface area contributed by atoms with E-state index in [1.807, 2.05) is 13.0 Å². The van der Waals surface area contributed by atoms with Crippen LogP contribution in [0.25, 0.3) is 22.3 Å². The first-order chi connectivity index (χ1) is 11.0. The number of phenols is 1. The summed E-state index contributed by atoms with van der Waals surface area (Å²) >= 11 is 0. The zero-order valence-electron chi connectivity index (χ0n) is 12.8. The molecule has 5 heteroatoms. The SMILES string of the molecule is CCc1ccc2oc(-c3ccc(O)c(OC)c3)c(O)c(=O)c2c1. The Hall–Kier alpha value is -2.95. The molecule has 5 nitrogen and oxygen atoms in total. The number of hydrogen-bond acceptors (Lipinski definition) is 5. The standard InChI is InChI=1S/C18H16O5/c1-3-10-4-7-14-12(8-10)16(20)17(21)18(23-14)11-5-6-13(19)15(9-11)22-2/h4-9,19,21H,3H2,1-2H3. The third-order valence-electron chi connectivity index (χ3n) is 3.78. The van der Waals surface area contributed by atoms with Crippen LogP contribution >= 0.6 is 0 Å². The van der Waals surface area contributed by atoms with Crippen molar-refractivity contribution in [2.75, 3.05) is 7.11 Å². The third-order valence-corrected chi connectivity index (χ3v) is 3.78. The van der Waals surface area contributed by atoms with Gasteiger partial charge in [0.15, 0.2) is 17.3 Å². The number of fused-ring (bicyclic) bond motifs is 1. The van der Waals surface area contributed by atoms with Crippen LogP contribution in [0.2, 0.25) is 0 Å². The van der Waals surface area contributed by atoms with Gasteiger partial charge in [0.25, 0.3) is 0 Å². The Kier molecular flexibility index (Phi) is 3.70. The van der Waals surface area contributed by atoms with Gasteiger partial charge in [-0.05, 0) is 42.3 Å². The number of methoxy groups -OCH3 is 1. The summed E-state index contributed by atoms with van der Waals surface area (Å²) in [6.07, 6.45) is 0.785. The lowest BCUT2D eigenvalue weighted by Gasteiger charge is -2.09. The summed E-state index contributed by atoms with van der Waals surface area (Å²) in [5.74, 6) is -0.221. The Balaban J connectivity index is 2.26. The lowest BCUT2D eigenvalue weighted by atomic mass is 10.1. The van der Waals surface area contributed by atoms with Crippen LogP contribution in [0, 0.1) is 0 Å². The van der Waals surface area contributed by atoms with Gasteiger partial charge in [-0.25, -0.2) is 0 Å². The van der Waals surface area contributed by atoms with E-state index in [9.17, 15) is 15.0 Å². The minimum absolute atomic E-state index is 0.0357. The van der Waals surface area contributed by atoms with Gasteiger partial charge < -0.3 is 19.4 Å². The fourth-order valence-corrected chi connectivity index (χ4v) is 2.47. The van der Waals surface area contributed by atoms with Gasteiger partial charge in [-0.15, -0.1) is 0 Å². The Morgan fingerprint density at radius 1 is 1.13 bits per heavy atom. The first kappa shape index (κ1) is 15.0. The fraction of sp³-hybridized carbons (Fsp3) is 0.167. The summed E-state index contributed by atoms with van der Waals surface area (Å²) in [6.45, 7) is 1.99. The highest BCUT2D eigenvalue weighted by molar-refractivity contribution is 5.82. The van der Waals surface area contributed by atoms with Gasteiger partial charge >= 0.3 is 0 Å². The second kappa shape index (κ2) is 5.68. The molecule has 0 aliphatic carbocycles. The highest BCUT2D eigenvalue weighted by Gasteiger charge is 2.17. The molecule has 3 rings (SSSR count). The predicted octanol–water partition coefficient (Wildman–Crippen LogP) is 3.44. The quantitative estimate of drug-likeness (QED) is 0.774. The van der Waals surface area contributed by atoms with Crippen LogP contribution in [0.5, 0.6) is 17.2 Å². The molecule has 0 unspecified atom stereocenters.